The third-order valence-electron chi connectivity index (χ3n) is 6.10. The SMILES string of the molecule is O=C1CN(c2ccc(C(=O)N3CCC(C4CCNCC4)CC3)cc2)C(=O)N1. The van der Waals surface area contributed by atoms with Crippen LogP contribution in [0.25, 0.3) is 0 Å². The monoisotopic (exact) mass is 370 g/mol. The average molecular weight is 370 g/mol. The van der Waals surface area contributed by atoms with E-state index in [1.165, 1.54) is 17.7 Å². The smallest absolute Gasteiger partial charge is 0.329 e. The maximum absolute atomic E-state index is 12.8. The van der Waals surface area contributed by atoms with Crippen LogP contribution in [0.2, 0.25) is 0 Å². The lowest BCUT2D eigenvalue weighted by atomic mass is 9.79. The molecule has 0 aromatic heterocycles. The fourth-order valence-electron chi connectivity index (χ4n) is 4.51. The maximum Gasteiger partial charge on any atom is 0.329 e. The van der Waals surface area contributed by atoms with Gasteiger partial charge in [0, 0.05) is 24.3 Å². The summed E-state index contributed by atoms with van der Waals surface area (Å²) in [6.07, 6.45) is 4.69. The van der Waals surface area contributed by atoms with Crippen LogP contribution >= 0.6 is 0 Å². The molecule has 3 fully saturated rings. The first-order chi connectivity index (χ1) is 13.1. The first-order valence-corrected chi connectivity index (χ1v) is 9.83. The van der Waals surface area contributed by atoms with Crippen molar-refractivity contribution in [2.45, 2.75) is 25.7 Å². The molecule has 3 aliphatic heterocycles. The van der Waals surface area contributed by atoms with Gasteiger partial charge in [-0.25, -0.2) is 4.79 Å². The Labute approximate surface area is 159 Å². The number of rotatable bonds is 3. The predicted octanol–water partition coefficient (Wildman–Crippen LogP) is 1.59. The number of imide groups is 1. The molecule has 144 valence electrons. The molecule has 7 nitrogen and oxygen atoms in total. The number of nitrogens with one attached hydrogen (secondary N) is 2. The van der Waals surface area contributed by atoms with Crippen molar-refractivity contribution in [3.8, 4) is 0 Å². The number of carbonyl (C=O) groups is 3. The molecule has 7 heteroatoms. The fraction of sp³-hybridized carbons (Fsp3) is 0.550. The molecule has 1 aromatic rings. The maximum atomic E-state index is 12.8. The molecule has 1 aromatic carbocycles. The van der Waals surface area contributed by atoms with Gasteiger partial charge in [0.25, 0.3) is 5.91 Å². The average Bonchev–Trinajstić information content (AvgIpc) is 3.06. The molecule has 0 spiro atoms. The van der Waals surface area contributed by atoms with Crippen LogP contribution in [0, 0.1) is 11.8 Å². The zero-order valence-electron chi connectivity index (χ0n) is 15.4. The molecule has 0 bridgehead atoms. The minimum atomic E-state index is -0.418. The molecule has 0 unspecified atom stereocenters. The molecule has 0 atom stereocenters. The van der Waals surface area contributed by atoms with Gasteiger partial charge in [-0.15, -0.1) is 0 Å². The molecule has 3 aliphatic rings. The summed E-state index contributed by atoms with van der Waals surface area (Å²) in [6.45, 7) is 3.90. The molecule has 0 aliphatic carbocycles. The van der Waals surface area contributed by atoms with E-state index in [9.17, 15) is 14.4 Å². The Morgan fingerprint density at radius 2 is 1.56 bits per heavy atom. The quantitative estimate of drug-likeness (QED) is 0.792. The van der Waals surface area contributed by atoms with Gasteiger partial charge >= 0.3 is 6.03 Å². The summed E-state index contributed by atoms with van der Waals surface area (Å²) in [5, 5.41) is 5.68. The Morgan fingerprint density at radius 3 is 2.15 bits per heavy atom. The number of anilines is 1. The van der Waals surface area contributed by atoms with Crippen molar-refractivity contribution in [1.29, 1.82) is 0 Å². The highest BCUT2D eigenvalue weighted by molar-refractivity contribution is 6.12. The van der Waals surface area contributed by atoms with E-state index in [1.54, 1.807) is 24.3 Å². The standard InChI is InChI=1S/C20H26N4O3/c25-18-13-24(20(27)22-18)17-3-1-16(2-4-17)19(26)23-11-7-15(8-12-23)14-5-9-21-10-6-14/h1-4,14-15,21H,5-13H2,(H,22,25,27). The van der Waals surface area contributed by atoms with Crippen LogP contribution in [0.1, 0.15) is 36.0 Å². The number of likely N-dealkylation sites (tertiary alicyclic amines) is 1. The number of hydrogen-bond donors (Lipinski definition) is 2. The molecule has 0 saturated carbocycles. The highest BCUT2D eigenvalue weighted by atomic mass is 16.2. The van der Waals surface area contributed by atoms with E-state index in [0.717, 1.165) is 50.9 Å². The van der Waals surface area contributed by atoms with Crippen molar-refractivity contribution >= 4 is 23.5 Å². The van der Waals surface area contributed by atoms with Crippen molar-refractivity contribution in [2.24, 2.45) is 11.8 Å². The van der Waals surface area contributed by atoms with Gasteiger partial charge in [-0.3, -0.25) is 19.8 Å². The molecule has 3 heterocycles. The van der Waals surface area contributed by atoms with E-state index in [1.807, 2.05) is 4.90 Å². The molecule has 2 N–H and O–H groups in total. The first kappa shape index (κ1) is 18.0. The molecule has 4 rings (SSSR count). The highest BCUT2D eigenvalue weighted by Gasteiger charge is 2.30. The molecule has 0 radical (unpaired) electrons. The Kier molecular flexibility index (Phi) is 5.11. The van der Waals surface area contributed by atoms with Crippen LogP contribution in [-0.4, -0.2) is 55.5 Å². The second-order valence-corrected chi connectivity index (χ2v) is 7.70. The van der Waals surface area contributed by atoms with Crippen molar-refractivity contribution in [3.05, 3.63) is 29.8 Å². The lowest BCUT2D eigenvalue weighted by molar-refractivity contribution is -0.117. The second-order valence-electron chi connectivity index (χ2n) is 7.70. The van der Waals surface area contributed by atoms with Crippen LogP contribution in [0.15, 0.2) is 24.3 Å². The third kappa shape index (κ3) is 3.83. The normalized spacial score (nSPS) is 22.2. The predicted molar refractivity (Wildman–Crippen MR) is 102 cm³/mol. The topological polar surface area (TPSA) is 81.8 Å². The van der Waals surface area contributed by atoms with Gasteiger partial charge in [0.05, 0.1) is 0 Å². The van der Waals surface area contributed by atoms with E-state index in [2.05, 4.69) is 10.6 Å². The van der Waals surface area contributed by atoms with E-state index in [4.69, 9.17) is 0 Å². The lowest BCUT2D eigenvalue weighted by Gasteiger charge is -2.37. The highest BCUT2D eigenvalue weighted by Crippen LogP contribution is 2.31. The van der Waals surface area contributed by atoms with E-state index in [0.29, 0.717) is 11.3 Å². The van der Waals surface area contributed by atoms with Crippen molar-refractivity contribution in [2.75, 3.05) is 37.6 Å². The number of hydrogen-bond acceptors (Lipinski definition) is 4. The summed E-state index contributed by atoms with van der Waals surface area (Å²) in [6, 6.07) is 6.53. The second kappa shape index (κ2) is 7.68. The van der Waals surface area contributed by atoms with E-state index < -0.39 is 6.03 Å². The van der Waals surface area contributed by atoms with Gasteiger partial charge in [0.1, 0.15) is 6.54 Å². The molecular formula is C20H26N4O3. The number of amides is 4. The summed E-state index contributed by atoms with van der Waals surface area (Å²) >= 11 is 0. The number of carbonyl (C=O) groups excluding carboxylic acids is 3. The van der Waals surface area contributed by atoms with E-state index >= 15 is 0 Å². The van der Waals surface area contributed by atoms with Gasteiger partial charge < -0.3 is 10.2 Å². The summed E-state index contributed by atoms with van der Waals surface area (Å²) in [7, 11) is 0. The van der Waals surface area contributed by atoms with Gasteiger partial charge in [-0.2, -0.15) is 0 Å². The Bertz CT molecular complexity index is 719. The lowest BCUT2D eigenvalue weighted by Crippen LogP contribution is -2.42. The Balaban J connectivity index is 1.34. The first-order valence-electron chi connectivity index (χ1n) is 9.83. The minimum Gasteiger partial charge on any atom is -0.339 e. The third-order valence-corrected chi connectivity index (χ3v) is 6.10. The minimum absolute atomic E-state index is 0.0241. The van der Waals surface area contributed by atoms with Crippen molar-refractivity contribution in [1.82, 2.24) is 15.5 Å². The fourth-order valence-corrected chi connectivity index (χ4v) is 4.51. The van der Waals surface area contributed by atoms with Crippen molar-refractivity contribution in [3.63, 3.8) is 0 Å². The molecule has 4 amide bonds. The number of piperidine rings is 2. The largest absolute Gasteiger partial charge is 0.339 e. The summed E-state index contributed by atoms with van der Waals surface area (Å²) < 4.78 is 0. The summed E-state index contributed by atoms with van der Waals surface area (Å²) in [4.78, 5) is 39.2. The van der Waals surface area contributed by atoms with Crippen LogP contribution < -0.4 is 15.5 Å². The van der Waals surface area contributed by atoms with Gasteiger partial charge in [0.15, 0.2) is 0 Å². The molecular weight excluding hydrogens is 344 g/mol. The summed E-state index contributed by atoms with van der Waals surface area (Å²) in [5.74, 6) is 1.28. The Hall–Kier alpha value is -2.41. The molecule has 3 saturated heterocycles. The summed E-state index contributed by atoms with van der Waals surface area (Å²) in [5.41, 5.74) is 1.25. The van der Waals surface area contributed by atoms with E-state index in [-0.39, 0.29) is 18.4 Å². The van der Waals surface area contributed by atoms with Crippen LogP contribution in [-0.2, 0) is 4.79 Å². The number of nitrogens with zero attached hydrogens (tertiary/aromatic N) is 2. The van der Waals surface area contributed by atoms with Crippen LogP contribution in [0.5, 0.6) is 0 Å². The zero-order valence-corrected chi connectivity index (χ0v) is 15.4. The Morgan fingerprint density at radius 1 is 0.926 bits per heavy atom. The van der Waals surface area contributed by atoms with Crippen molar-refractivity contribution < 1.29 is 14.4 Å². The van der Waals surface area contributed by atoms with Crippen LogP contribution in [0.3, 0.4) is 0 Å². The van der Waals surface area contributed by atoms with Gasteiger partial charge in [-0.1, -0.05) is 0 Å². The number of urea groups is 1. The van der Waals surface area contributed by atoms with Crippen LogP contribution in [0.4, 0.5) is 10.5 Å². The number of benzene rings is 1. The van der Waals surface area contributed by atoms with Gasteiger partial charge in [0.2, 0.25) is 5.91 Å². The molecule has 27 heavy (non-hydrogen) atoms. The van der Waals surface area contributed by atoms with Gasteiger partial charge in [-0.05, 0) is 74.9 Å². The zero-order chi connectivity index (χ0) is 18.8.